The van der Waals surface area contributed by atoms with Crippen molar-refractivity contribution in [1.29, 1.82) is 0 Å². The quantitative estimate of drug-likeness (QED) is 0.626. The molecular weight excluding hydrogens is 154 g/mol. The van der Waals surface area contributed by atoms with E-state index in [2.05, 4.69) is 15.0 Å². The molecule has 4 nitrogen and oxygen atoms in total. The van der Waals surface area contributed by atoms with Crippen molar-refractivity contribution >= 4 is 10.9 Å². The second kappa shape index (κ2) is 2.73. The van der Waals surface area contributed by atoms with Gasteiger partial charge in [-0.05, 0) is 6.07 Å². The molecule has 60 valence electrons. The smallest absolute Gasteiger partial charge is 0.240 e. The van der Waals surface area contributed by atoms with Gasteiger partial charge < -0.3 is 4.74 Å². The lowest BCUT2D eigenvalue weighted by Gasteiger charge is -2.00. The van der Waals surface area contributed by atoms with E-state index >= 15 is 0 Å². The van der Waals surface area contributed by atoms with Crippen LogP contribution in [0.1, 0.15) is 0 Å². The first-order valence-electron chi connectivity index (χ1n) is 3.50. The molecule has 0 amide bonds. The molecule has 2 heterocycles. The number of methoxy groups -OCH3 is 1. The average molecular weight is 161 g/mol. The minimum atomic E-state index is 0.537. The molecule has 2 rings (SSSR count). The van der Waals surface area contributed by atoms with E-state index in [-0.39, 0.29) is 0 Å². The number of aromatic nitrogens is 3. The summed E-state index contributed by atoms with van der Waals surface area (Å²) in [7, 11) is 1.57. The van der Waals surface area contributed by atoms with Crippen molar-refractivity contribution in [2.75, 3.05) is 7.11 Å². The van der Waals surface area contributed by atoms with E-state index in [4.69, 9.17) is 4.74 Å². The van der Waals surface area contributed by atoms with Crippen LogP contribution in [0, 0.1) is 0 Å². The third-order valence-electron chi connectivity index (χ3n) is 1.58. The van der Waals surface area contributed by atoms with Gasteiger partial charge in [0.1, 0.15) is 11.8 Å². The normalized spacial score (nSPS) is 10.1. The molecule has 0 N–H and O–H groups in total. The Labute approximate surface area is 69.3 Å². The molecular formula is C8H7N3O. The summed E-state index contributed by atoms with van der Waals surface area (Å²) < 4.78 is 5.03. The predicted octanol–water partition coefficient (Wildman–Crippen LogP) is 1.03. The van der Waals surface area contributed by atoms with E-state index in [1.807, 2.05) is 6.07 Å². The first kappa shape index (κ1) is 6.97. The average Bonchev–Trinajstić information content (AvgIpc) is 2.17. The standard InChI is InChI=1S/C8H7N3O/c1-12-8-7-6(2-3-10-8)4-9-5-11-7/h2-5H,1H3. The molecule has 0 aliphatic carbocycles. The zero-order chi connectivity index (χ0) is 8.39. The van der Waals surface area contributed by atoms with E-state index in [1.54, 1.807) is 19.5 Å². The van der Waals surface area contributed by atoms with Crippen molar-refractivity contribution in [3.05, 3.63) is 24.8 Å². The van der Waals surface area contributed by atoms with Crippen LogP contribution >= 0.6 is 0 Å². The van der Waals surface area contributed by atoms with Crippen molar-refractivity contribution in [2.45, 2.75) is 0 Å². The highest BCUT2D eigenvalue weighted by molar-refractivity contribution is 5.81. The molecule has 0 radical (unpaired) electrons. The predicted molar refractivity (Wildman–Crippen MR) is 43.9 cm³/mol. The lowest BCUT2D eigenvalue weighted by molar-refractivity contribution is 0.402. The maximum Gasteiger partial charge on any atom is 0.240 e. The molecule has 12 heavy (non-hydrogen) atoms. The fourth-order valence-corrected chi connectivity index (χ4v) is 1.04. The number of nitrogens with zero attached hydrogens (tertiary/aromatic N) is 3. The Bertz CT molecular complexity index is 397. The molecule has 0 unspecified atom stereocenters. The van der Waals surface area contributed by atoms with Crippen LogP contribution in [-0.2, 0) is 0 Å². The second-order valence-corrected chi connectivity index (χ2v) is 2.28. The van der Waals surface area contributed by atoms with E-state index in [0.29, 0.717) is 5.88 Å². The van der Waals surface area contributed by atoms with E-state index in [9.17, 15) is 0 Å². The third kappa shape index (κ3) is 0.972. The van der Waals surface area contributed by atoms with Gasteiger partial charge in [-0.3, -0.25) is 0 Å². The van der Waals surface area contributed by atoms with E-state index < -0.39 is 0 Å². The van der Waals surface area contributed by atoms with Gasteiger partial charge in [0, 0.05) is 17.8 Å². The molecule has 0 bridgehead atoms. The van der Waals surface area contributed by atoms with Crippen molar-refractivity contribution in [3.63, 3.8) is 0 Å². The summed E-state index contributed by atoms with van der Waals surface area (Å²) in [4.78, 5) is 12.0. The zero-order valence-corrected chi connectivity index (χ0v) is 6.56. The molecule has 0 spiro atoms. The van der Waals surface area contributed by atoms with Gasteiger partial charge >= 0.3 is 0 Å². The van der Waals surface area contributed by atoms with Gasteiger partial charge in [0.2, 0.25) is 5.88 Å². The summed E-state index contributed by atoms with van der Waals surface area (Å²) in [5.41, 5.74) is 0.745. The lowest BCUT2D eigenvalue weighted by Crippen LogP contribution is -1.90. The fraction of sp³-hybridized carbons (Fsp3) is 0.125. The van der Waals surface area contributed by atoms with Crippen LogP contribution in [0.15, 0.2) is 24.8 Å². The lowest BCUT2D eigenvalue weighted by atomic mass is 10.3. The van der Waals surface area contributed by atoms with Crippen LogP contribution in [-0.4, -0.2) is 22.1 Å². The second-order valence-electron chi connectivity index (χ2n) is 2.28. The van der Waals surface area contributed by atoms with Gasteiger partial charge in [-0.15, -0.1) is 0 Å². The molecule has 0 atom stereocenters. The van der Waals surface area contributed by atoms with Crippen LogP contribution in [0.5, 0.6) is 5.88 Å². The monoisotopic (exact) mass is 161 g/mol. The number of fused-ring (bicyclic) bond motifs is 1. The molecule has 0 aliphatic rings. The van der Waals surface area contributed by atoms with Crippen molar-refractivity contribution < 1.29 is 4.74 Å². The Morgan fingerprint density at radius 3 is 3.08 bits per heavy atom. The molecule has 0 saturated carbocycles. The first-order valence-corrected chi connectivity index (χ1v) is 3.50. The minimum Gasteiger partial charge on any atom is -0.479 e. The summed E-state index contributed by atoms with van der Waals surface area (Å²) in [6.45, 7) is 0. The van der Waals surface area contributed by atoms with Gasteiger partial charge in [0.05, 0.1) is 7.11 Å². The topological polar surface area (TPSA) is 47.9 Å². The molecule has 2 aromatic rings. The Morgan fingerprint density at radius 1 is 1.33 bits per heavy atom. The summed E-state index contributed by atoms with van der Waals surface area (Å²) in [5.74, 6) is 0.537. The summed E-state index contributed by atoms with van der Waals surface area (Å²) in [6, 6.07) is 1.85. The van der Waals surface area contributed by atoms with Gasteiger partial charge in [-0.2, -0.15) is 0 Å². The first-order chi connectivity index (χ1) is 5.92. The third-order valence-corrected chi connectivity index (χ3v) is 1.58. The van der Waals surface area contributed by atoms with Crippen LogP contribution in [0.2, 0.25) is 0 Å². The molecule has 0 saturated heterocycles. The summed E-state index contributed by atoms with van der Waals surface area (Å²) in [6.07, 6.45) is 4.88. The van der Waals surface area contributed by atoms with Crippen LogP contribution < -0.4 is 4.74 Å². The highest BCUT2D eigenvalue weighted by atomic mass is 16.5. The van der Waals surface area contributed by atoms with Crippen LogP contribution in [0.25, 0.3) is 10.9 Å². The Balaban J connectivity index is 2.79. The largest absolute Gasteiger partial charge is 0.479 e. The number of ether oxygens (including phenoxy) is 1. The Hall–Kier alpha value is -1.71. The van der Waals surface area contributed by atoms with Gasteiger partial charge in [-0.1, -0.05) is 0 Å². The van der Waals surface area contributed by atoms with Gasteiger partial charge in [0.15, 0.2) is 0 Å². The van der Waals surface area contributed by atoms with Gasteiger partial charge in [-0.25, -0.2) is 15.0 Å². The van der Waals surface area contributed by atoms with Gasteiger partial charge in [0.25, 0.3) is 0 Å². The molecule has 0 fully saturated rings. The highest BCUT2D eigenvalue weighted by Crippen LogP contribution is 2.17. The van der Waals surface area contributed by atoms with E-state index in [1.165, 1.54) is 6.33 Å². The summed E-state index contributed by atoms with van der Waals surface area (Å²) in [5, 5.41) is 0.935. The molecule has 2 aromatic heterocycles. The highest BCUT2D eigenvalue weighted by Gasteiger charge is 2.01. The molecule has 0 aromatic carbocycles. The fourth-order valence-electron chi connectivity index (χ4n) is 1.04. The number of hydrogen-bond acceptors (Lipinski definition) is 4. The SMILES string of the molecule is COc1nccc2cncnc12. The Kier molecular flexibility index (Phi) is 1.59. The minimum absolute atomic E-state index is 0.537. The number of hydrogen-bond donors (Lipinski definition) is 0. The maximum atomic E-state index is 5.03. The Morgan fingerprint density at radius 2 is 2.25 bits per heavy atom. The number of rotatable bonds is 1. The maximum absolute atomic E-state index is 5.03. The number of pyridine rings is 1. The summed E-state index contributed by atoms with van der Waals surface area (Å²) >= 11 is 0. The van der Waals surface area contributed by atoms with Crippen molar-refractivity contribution in [3.8, 4) is 5.88 Å². The molecule has 0 aliphatic heterocycles. The van der Waals surface area contributed by atoms with Crippen LogP contribution in [0.4, 0.5) is 0 Å². The van der Waals surface area contributed by atoms with Crippen LogP contribution in [0.3, 0.4) is 0 Å². The van der Waals surface area contributed by atoms with Crippen molar-refractivity contribution in [2.24, 2.45) is 0 Å². The zero-order valence-electron chi connectivity index (χ0n) is 6.56. The van der Waals surface area contributed by atoms with E-state index in [0.717, 1.165) is 10.9 Å². The van der Waals surface area contributed by atoms with Crippen molar-refractivity contribution in [1.82, 2.24) is 15.0 Å². The molecule has 4 heteroatoms.